The summed E-state index contributed by atoms with van der Waals surface area (Å²) in [5, 5.41) is 9.33. The summed E-state index contributed by atoms with van der Waals surface area (Å²) in [7, 11) is 0. The molecule has 1 aliphatic heterocycles. The van der Waals surface area contributed by atoms with Gasteiger partial charge in [-0.2, -0.15) is 0 Å². The minimum absolute atomic E-state index is 0.0397. The van der Waals surface area contributed by atoms with Crippen LogP contribution in [-0.2, 0) is 6.54 Å². The molecule has 2 aromatic rings. The van der Waals surface area contributed by atoms with Gasteiger partial charge in [-0.15, -0.1) is 0 Å². The fraction of sp³-hybridized carbons (Fsp3) is 0.467. The molecule has 1 fully saturated rings. The molecule has 0 atom stereocenters. The molecular formula is C15H20N4O2. The maximum Gasteiger partial charge on any atom is 0.356 e. The number of carboxylic acids is 1. The molecule has 3 rings (SSSR count). The third kappa shape index (κ3) is 2.71. The normalized spacial score (nSPS) is 17.0. The van der Waals surface area contributed by atoms with Gasteiger partial charge in [0.15, 0.2) is 5.69 Å². The Morgan fingerprint density at radius 3 is 2.67 bits per heavy atom. The van der Waals surface area contributed by atoms with Crippen LogP contribution in [0.4, 0.5) is 5.69 Å². The molecule has 0 bridgehead atoms. The largest absolute Gasteiger partial charge is 0.476 e. The van der Waals surface area contributed by atoms with E-state index in [1.54, 1.807) is 6.07 Å². The fourth-order valence-corrected chi connectivity index (χ4v) is 2.98. The summed E-state index contributed by atoms with van der Waals surface area (Å²) in [5.41, 5.74) is 6.91. The lowest BCUT2D eigenvalue weighted by Crippen LogP contribution is -2.25. The van der Waals surface area contributed by atoms with Gasteiger partial charge in [0.25, 0.3) is 0 Å². The summed E-state index contributed by atoms with van der Waals surface area (Å²) in [6.07, 6.45) is 6.76. The molecule has 3 N–H and O–H groups in total. The highest BCUT2D eigenvalue weighted by atomic mass is 16.4. The maximum absolute atomic E-state index is 11.4. The minimum atomic E-state index is -1.03. The molecule has 0 aliphatic carbocycles. The minimum Gasteiger partial charge on any atom is -0.476 e. The third-order valence-corrected chi connectivity index (χ3v) is 4.03. The van der Waals surface area contributed by atoms with Crippen LogP contribution >= 0.6 is 0 Å². The number of aromatic carboxylic acids is 1. The molecule has 112 valence electrons. The Hall–Kier alpha value is -2.08. The highest BCUT2D eigenvalue weighted by molar-refractivity contribution is 5.97. The van der Waals surface area contributed by atoms with Crippen molar-refractivity contribution in [2.45, 2.75) is 32.2 Å². The van der Waals surface area contributed by atoms with Crippen molar-refractivity contribution >= 4 is 17.2 Å². The SMILES string of the molecule is Nc1cccn2c(CN3CCCCCC3)nc(C(=O)O)c12. The number of nitrogen functional groups attached to an aromatic ring is 1. The molecule has 0 radical (unpaired) electrons. The Balaban J connectivity index is 1.98. The number of hydrogen-bond donors (Lipinski definition) is 2. The Morgan fingerprint density at radius 1 is 1.29 bits per heavy atom. The van der Waals surface area contributed by atoms with E-state index in [9.17, 15) is 9.90 Å². The Bertz CT molecular complexity index is 657. The Kier molecular flexibility index (Phi) is 3.79. The number of anilines is 1. The highest BCUT2D eigenvalue weighted by Crippen LogP contribution is 2.21. The van der Waals surface area contributed by atoms with Crippen LogP contribution in [0.2, 0.25) is 0 Å². The highest BCUT2D eigenvalue weighted by Gasteiger charge is 2.20. The number of hydrogen-bond acceptors (Lipinski definition) is 4. The van der Waals surface area contributed by atoms with Crippen LogP contribution in [0, 0.1) is 0 Å². The van der Waals surface area contributed by atoms with Crippen LogP contribution in [0.25, 0.3) is 5.52 Å². The molecule has 0 saturated carbocycles. The predicted molar refractivity (Wildman–Crippen MR) is 80.3 cm³/mol. The number of rotatable bonds is 3. The molecule has 1 aliphatic rings. The second-order valence-corrected chi connectivity index (χ2v) is 5.55. The van der Waals surface area contributed by atoms with Crippen LogP contribution in [0.3, 0.4) is 0 Å². The number of nitrogens with two attached hydrogens (primary N) is 1. The van der Waals surface area contributed by atoms with E-state index in [0.717, 1.165) is 18.9 Å². The number of fused-ring (bicyclic) bond motifs is 1. The molecule has 0 aromatic carbocycles. The van der Waals surface area contributed by atoms with Gasteiger partial charge in [-0.05, 0) is 38.1 Å². The standard InChI is InChI=1S/C15H20N4O2/c16-11-6-5-9-19-12(17-13(14(11)19)15(20)21)10-18-7-3-1-2-4-8-18/h5-6,9H,1-4,7-8,10,16H2,(H,20,21). The number of imidazole rings is 1. The predicted octanol–water partition coefficient (Wildman–Crippen LogP) is 1.99. The van der Waals surface area contributed by atoms with E-state index >= 15 is 0 Å². The van der Waals surface area contributed by atoms with E-state index < -0.39 is 5.97 Å². The van der Waals surface area contributed by atoms with Gasteiger partial charge in [0, 0.05) is 6.20 Å². The number of aromatic nitrogens is 2. The summed E-state index contributed by atoms with van der Waals surface area (Å²) < 4.78 is 1.81. The van der Waals surface area contributed by atoms with E-state index in [-0.39, 0.29) is 5.69 Å². The average Bonchev–Trinajstić information content (AvgIpc) is 2.65. The molecule has 6 heteroatoms. The maximum atomic E-state index is 11.4. The summed E-state index contributed by atoms with van der Waals surface area (Å²) in [6, 6.07) is 3.53. The summed E-state index contributed by atoms with van der Waals surface area (Å²) in [6.45, 7) is 2.75. The van der Waals surface area contributed by atoms with Crippen molar-refractivity contribution in [2.75, 3.05) is 18.8 Å². The van der Waals surface area contributed by atoms with Crippen LogP contribution in [0.5, 0.6) is 0 Å². The molecule has 0 amide bonds. The monoisotopic (exact) mass is 288 g/mol. The number of likely N-dealkylation sites (tertiary alicyclic amines) is 1. The lowest BCUT2D eigenvalue weighted by molar-refractivity contribution is 0.0693. The fourth-order valence-electron chi connectivity index (χ4n) is 2.98. The van der Waals surface area contributed by atoms with Crippen molar-refractivity contribution in [3.63, 3.8) is 0 Å². The number of pyridine rings is 1. The van der Waals surface area contributed by atoms with Crippen molar-refractivity contribution in [2.24, 2.45) is 0 Å². The summed E-state index contributed by atoms with van der Waals surface area (Å²) >= 11 is 0. The zero-order chi connectivity index (χ0) is 14.8. The van der Waals surface area contributed by atoms with Gasteiger partial charge < -0.3 is 10.8 Å². The van der Waals surface area contributed by atoms with Crippen LogP contribution < -0.4 is 5.73 Å². The van der Waals surface area contributed by atoms with Gasteiger partial charge in [0.2, 0.25) is 0 Å². The van der Waals surface area contributed by atoms with E-state index in [1.165, 1.54) is 25.7 Å². The van der Waals surface area contributed by atoms with E-state index in [1.807, 2.05) is 16.7 Å². The van der Waals surface area contributed by atoms with Crippen LogP contribution in [0.1, 0.15) is 42.0 Å². The number of carbonyl (C=O) groups is 1. The van der Waals surface area contributed by atoms with E-state index in [0.29, 0.717) is 17.7 Å². The quantitative estimate of drug-likeness (QED) is 0.902. The molecule has 3 heterocycles. The number of carboxylic acid groups (broad SMARTS) is 1. The topological polar surface area (TPSA) is 83.9 Å². The second kappa shape index (κ2) is 5.73. The van der Waals surface area contributed by atoms with Crippen molar-refractivity contribution in [3.05, 3.63) is 29.8 Å². The van der Waals surface area contributed by atoms with Crippen molar-refractivity contribution in [1.29, 1.82) is 0 Å². The van der Waals surface area contributed by atoms with E-state index in [2.05, 4.69) is 9.88 Å². The molecular weight excluding hydrogens is 268 g/mol. The lowest BCUT2D eigenvalue weighted by Gasteiger charge is -2.18. The molecule has 21 heavy (non-hydrogen) atoms. The summed E-state index contributed by atoms with van der Waals surface area (Å²) in [4.78, 5) is 18.0. The second-order valence-electron chi connectivity index (χ2n) is 5.55. The lowest BCUT2D eigenvalue weighted by atomic mass is 10.2. The first kappa shape index (κ1) is 13.9. The Labute approximate surface area is 123 Å². The average molecular weight is 288 g/mol. The van der Waals surface area contributed by atoms with E-state index in [4.69, 9.17) is 5.73 Å². The molecule has 6 nitrogen and oxygen atoms in total. The van der Waals surface area contributed by atoms with Crippen LogP contribution in [-0.4, -0.2) is 38.4 Å². The van der Waals surface area contributed by atoms with Gasteiger partial charge in [-0.25, -0.2) is 9.78 Å². The molecule has 0 unspecified atom stereocenters. The smallest absolute Gasteiger partial charge is 0.356 e. The van der Waals surface area contributed by atoms with Crippen molar-refractivity contribution in [3.8, 4) is 0 Å². The zero-order valence-electron chi connectivity index (χ0n) is 12.0. The van der Waals surface area contributed by atoms with Crippen molar-refractivity contribution < 1.29 is 9.90 Å². The first-order valence-corrected chi connectivity index (χ1v) is 7.38. The van der Waals surface area contributed by atoms with Gasteiger partial charge >= 0.3 is 5.97 Å². The van der Waals surface area contributed by atoms with Crippen molar-refractivity contribution in [1.82, 2.24) is 14.3 Å². The molecule has 1 saturated heterocycles. The number of nitrogens with zero attached hydrogens (tertiary/aromatic N) is 3. The first-order chi connectivity index (χ1) is 10.2. The van der Waals surface area contributed by atoms with Gasteiger partial charge in [-0.3, -0.25) is 9.30 Å². The van der Waals surface area contributed by atoms with Gasteiger partial charge in [0.1, 0.15) is 11.3 Å². The van der Waals surface area contributed by atoms with Gasteiger partial charge in [0.05, 0.1) is 12.2 Å². The first-order valence-electron chi connectivity index (χ1n) is 7.38. The third-order valence-electron chi connectivity index (χ3n) is 4.03. The van der Waals surface area contributed by atoms with Gasteiger partial charge in [-0.1, -0.05) is 12.8 Å². The Morgan fingerprint density at radius 2 is 2.00 bits per heavy atom. The zero-order valence-corrected chi connectivity index (χ0v) is 12.0. The molecule has 0 spiro atoms. The molecule has 2 aromatic heterocycles. The van der Waals surface area contributed by atoms with Crippen LogP contribution in [0.15, 0.2) is 18.3 Å². The summed E-state index contributed by atoms with van der Waals surface area (Å²) in [5.74, 6) is -0.288.